The Morgan fingerprint density at radius 2 is 2.00 bits per heavy atom. The smallest absolute Gasteiger partial charge is 0.227 e. The Morgan fingerprint density at radius 1 is 1.24 bits per heavy atom. The van der Waals surface area contributed by atoms with Crippen LogP contribution in [0.5, 0.6) is 11.5 Å². The molecule has 2 aromatic carbocycles. The van der Waals surface area contributed by atoms with Crippen LogP contribution >= 0.6 is 12.2 Å². The van der Waals surface area contributed by atoms with Gasteiger partial charge in [0, 0.05) is 24.3 Å². The van der Waals surface area contributed by atoms with Crippen LogP contribution in [0, 0.1) is 6.92 Å². The molecule has 154 valence electrons. The zero-order chi connectivity index (χ0) is 20.8. The molecule has 0 bridgehead atoms. The molecule has 1 aliphatic heterocycles. The fraction of sp³-hybridized carbons (Fsp3) is 0.364. The van der Waals surface area contributed by atoms with E-state index in [2.05, 4.69) is 10.6 Å². The summed E-state index contributed by atoms with van der Waals surface area (Å²) >= 11 is 5.44. The topological polar surface area (TPSA) is 62.8 Å². The summed E-state index contributed by atoms with van der Waals surface area (Å²) in [5, 5.41) is 6.93. The first-order valence-corrected chi connectivity index (χ1v) is 10.1. The number of benzene rings is 2. The maximum absolute atomic E-state index is 12.1. The summed E-state index contributed by atoms with van der Waals surface area (Å²) in [6.45, 7) is 5.21. The van der Waals surface area contributed by atoms with Gasteiger partial charge in [-0.1, -0.05) is 18.2 Å². The van der Waals surface area contributed by atoms with E-state index >= 15 is 0 Å². The molecule has 0 aliphatic carbocycles. The van der Waals surface area contributed by atoms with E-state index in [0.717, 1.165) is 29.9 Å². The van der Waals surface area contributed by atoms with Gasteiger partial charge in [-0.15, -0.1) is 0 Å². The van der Waals surface area contributed by atoms with E-state index in [-0.39, 0.29) is 11.9 Å². The number of thiocarbonyl (C=S) groups is 1. The predicted molar refractivity (Wildman–Crippen MR) is 120 cm³/mol. The van der Waals surface area contributed by atoms with Gasteiger partial charge in [-0.3, -0.25) is 4.79 Å². The predicted octanol–water partition coefficient (Wildman–Crippen LogP) is 3.88. The highest BCUT2D eigenvalue weighted by atomic mass is 32.1. The van der Waals surface area contributed by atoms with Gasteiger partial charge in [0.2, 0.25) is 5.91 Å². The Kier molecular flexibility index (Phi) is 6.93. The van der Waals surface area contributed by atoms with Crippen LogP contribution in [0.25, 0.3) is 0 Å². The van der Waals surface area contributed by atoms with Gasteiger partial charge >= 0.3 is 0 Å². The number of ether oxygens (including phenoxy) is 2. The van der Waals surface area contributed by atoms with Crippen LogP contribution in [-0.4, -0.2) is 37.3 Å². The minimum Gasteiger partial charge on any atom is -0.493 e. The van der Waals surface area contributed by atoms with E-state index in [1.807, 2.05) is 61.2 Å². The normalized spacial score (nSPS) is 14.4. The van der Waals surface area contributed by atoms with E-state index in [1.54, 1.807) is 7.11 Å². The number of hydrogen-bond acceptors (Lipinski definition) is 4. The second-order valence-electron chi connectivity index (χ2n) is 7.11. The Hall–Kier alpha value is -2.80. The summed E-state index contributed by atoms with van der Waals surface area (Å²) in [5.74, 6) is 1.57. The lowest BCUT2D eigenvalue weighted by atomic mass is 10.1. The molecule has 7 heteroatoms. The standard InChI is InChI=1S/C22H27N3O3S/c1-15-10-11-17(13-18(15)25-12-6-9-21(25)26)24-22(29)23-16(2)14-28-20-8-5-4-7-19(20)27-3/h4-5,7-8,10-11,13,16H,6,9,12,14H2,1-3H3,(H2,23,24,29). The van der Waals surface area contributed by atoms with Crippen molar-refractivity contribution in [3.05, 3.63) is 48.0 Å². The van der Waals surface area contributed by atoms with Crippen LogP contribution in [0.4, 0.5) is 11.4 Å². The molecule has 2 aromatic rings. The van der Waals surface area contributed by atoms with E-state index in [1.165, 1.54) is 0 Å². The molecule has 0 saturated carbocycles. The van der Waals surface area contributed by atoms with Gasteiger partial charge in [0.15, 0.2) is 16.6 Å². The molecule has 1 saturated heterocycles. The van der Waals surface area contributed by atoms with Crippen LogP contribution in [0.1, 0.15) is 25.3 Å². The largest absolute Gasteiger partial charge is 0.493 e. The first-order chi connectivity index (χ1) is 14.0. The molecule has 1 atom stereocenters. The number of methoxy groups -OCH3 is 1. The van der Waals surface area contributed by atoms with Gasteiger partial charge in [0.25, 0.3) is 0 Å². The first kappa shape index (κ1) is 20.9. The molecule has 2 N–H and O–H groups in total. The minimum absolute atomic E-state index is 0.00927. The molecular formula is C22H27N3O3S. The van der Waals surface area contributed by atoms with Crippen molar-refractivity contribution in [1.82, 2.24) is 5.32 Å². The van der Waals surface area contributed by atoms with Gasteiger partial charge in [0.1, 0.15) is 6.61 Å². The van der Waals surface area contributed by atoms with Crippen molar-refractivity contribution in [2.24, 2.45) is 0 Å². The third-order valence-electron chi connectivity index (χ3n) is 4.77. The Balaban J connectivity index is 1.55. The highest BCUT2D eigenvalue weighted by Gasteiger charge is 2.23. The van der Waals surface area contributed by atoms with Crippen LogP contribution in [0.2, 0.25) is 0 Å². The average Bonchev–Trinajstić information content (AvgIpc) is 3.13. The number of carbonyl (C=O) groups excluding carboxylic acids is 1. The summed E-state index contributed by atoms with van der Waals surface area (Å²) in [4.78, 5) is 13.9. The highest BCUT2D eigenvalue weighted by Crippen LogP contribution is 2.28. The molecule has 0 aromatic heterocycles. The maximum atomic E-state index is 12.1. The number of rotatable bonds is 7. The molecule has 0 radical (unpaired) electrons. The Bertz CT molecular complexity index is 887. The van der Waals surface area contributed by atoms with Gasteiger partial charge < -0.3 is 25.0 Å². The number of nitrogens with zero attached hydrogens (tertiary/aromatic N) is 1. The zero-order valence-electron chi connectivity index (χ0n) is 17.0. The third kappa shape index (κ3) is 5.38. The van der Waals surface area contributed by atoms with Crippen LogP contribution in [0.3, 0.4) is 0 Å². The lowest BCUT2D eigenvalue weighted by Gasteiger charge is -2.21. The molecule has 1 amide bonds. The van der Waals surface area contributed by atoms with Crippen molar-refractivity contribution in [2.75, 3.05) is 30.5 Å². The van der Waals surface area contributed by atoms with Gasteiger partial charge in [-0.05, 0) is 62.3 Å². The number of anilines is 2. The minimum atomic E-state index is -0.00927. The Labute approximate surface area is 177 Å². The SMILES string of the molecule is COc1ccccc1OCC(C)NC(=S)Nc1ccc(C)c(N2CCCC2=O)c1. The van der Waals surface area contributed by atoms with Crippen molar-refractivity contribution < 1.29 is 14.3 Å². The van der Waals surface area contributed by atoms with Crippen molar-refractivity contribution in [3.8, 4) is 11.5 Å². The van der Waals surface area contributed by atoms with Crippen molar-refractivity contribution in [2.45, 2.75) is 32.7 Å². The first-order valence-electron chi connectivity index (χ1n) is 9.72. The Morgan fingerprint density at radius 3 is 2.69 bits per heavy atom. The third-order valence-corrected chi connectivity index (χ3v) is 4.99. The van der Waals surface area contributed by atoms with Gasteiger partial charge in [0.05, 0.1) is 13.2 Å². The molecule has 1 unspecified atom stereocenters. The van der Waals surface area contributed by atoms with E-state index in [9.17, 15) is 4.79 Å². The number of aryl methyl sites for hydroxylation is 1. The summed E-state index contributed by atoms with van der Waals surface area (Å²) in [6, 6.07) is 13.5. The van der Waals surface area contributed by atoms with Crippen molar-refractivity contribution >= 4 is 34.6 Å². The summed E-state index contributed by atoms with van der Waals surface area (Å²) in [5.41, 5.74) is 2.86. The number of nitrogens with one attached hydrogen (secondary N) is 2. The quantitative estimate of drug-likeness (QED) is 0.672. The lowest BCUT2D eigenvalue weighted by molar-refractivity contribution is -0.117. The van der Waals surface area contributed by atoms with E-state index in [4.69, 9.17) is 21.7 Å². The fourth-order valence-corrected chi connectivity index (χ4v) is 3.59. The van der Waals surface area contributed by atoms with Gasteiger partial charge in [-0.2, -0.15) is 0 Å². The maximum Gasteiger partial charge on any atom is 0.227 e. The number of hydrogen-bond donors (Lipinski definition) is 2. The van der Waals surface area contributed by atoms with Crippen molar-refractivity contribution in [3.63, 3.8) is 0 Å². The summed E-state index contributed by atoms with van der Waals surface area (Å²) in [7, 11) is 1.62. The van der Waals surface area contributed by atoms with Crippen LogP contribution < -0.4 is 25.0 Å². The summed E-state index contributed by atoms with van der Waals surface area (Å²) in [6.07, 6.45) is 1.51. The van der Waals surface area contributed by atoms with Crippen LogP contribution in [0.15, 0.2) is 42.5 Å². The van der Waals surface area contributed by atoms with E-state index in [0.29, 0.717) is 29.6 Å². The monoisotopic (exact) mass is 413 g/mol. The molecule has 6 nitrogen and oxygen atoms in total. The van der Waals surface area contributed by atoms with Gasteiger partial charge in [-0.25, -0.2) is 0 Å². The van der Waals surface area contributed by atoms with Crippen LogP contribution in [-0.2, 0) is 4.79 Å². The average molecular weight is 414 g/mol. The molecule has 1 fully saturated rings. The van der Waals surface area contributed by atoms with E-state index < -0.39 is 0 Å². The molecule has 0 spiro atoms. The number of carbonyl (C=O) groups is 1. The summed E-state index contributed by atoms with van der Waals surface area (Å²) < 4.78 is 11.1. The fourth-order valence-electron chi connectivity index (χ4n) is 3.27. The second-order valence-corrected chi connectivity index (χ2v) is 7.52. The molecule has 1 aliphatic rings. The molecule has 1 heterocycles. The lowest BCUT2D eigenvalue weighted by Crippen LogP contribution is -2.39. The van der Waals surface area contributed by atoms with Crippen molar-refractivity contribution in [1.29, 1.82) is 0 Å². The molecular weight excluding hydrogens is 386 g/mol. The zero-order valence-corrected chi connectivity index (χ0v) is 17.8. The number of para-hydroxylation sites is 2. The number of amides is 1. The second kappa shape index (κ2) is 9.60. The molecule has 29 heavy (non-hydrogen) atoms. The molecule has 3 rings (SSSR count). The highest BCUT2D eigenvalue weighted by molar-refractivity contribution is 7.80.